The fraction of sp³-hybridized carbons (Fsp3) is 0.176. The molecule has 0 aromatic carbocycles. The maximum absolute atomic E-state index is 12.5. The molecule has 0 bridgehead atoms. The third-order valence-electron chi connectivity index (χ3n) is 3.72. The van der Waals surface area contributed by atoms with Crippen LogP contribution < -0.4 is 0 Å². The van der Waals surface area contributed by atoms with E-state index in [2.05, 4.69) is 4.98 Å². The Labute approximate surface area is 141 Å². The van der Waals surface area contributed by atoms with Crippen LogP contribution in [0.3, 0.4) is 0 Å². The Kier molecular flexibility index (Phi) is 4.29. The molecule has 1 aromatic rings. The number of likely N-dealkylation sites (tertiary alicyclic amines) is 1. The number of rotatable bonds is 3. The predicted molar refractivity (Wildman–Crippen MR) is 86.2 cm³/mol. The highest BCUT2D eigenvalue weighted by atomic mass is 32.2. The molecule has 3 rings (SSSR count). The molecule has 1 fully saturated rings. The highest BCUT2D eigenvalue weighted by Gasteiger charge is 2.38. The minimum Gasteiger partial charge on any atom is -0.286 e. The third-order valence-corrected chi connectivity index (χ3v) is 4.81. The predicted octanol–water partition coefficient (Wildman–Crippen LogP) is 1.82. The van der Waals surface area contributed by atoms with Gasteiger partial charge >= 0.3 is 0 Å². The van der Waals surface area contributed by atoms with E-state index in [-0.39, 0.29) is 24.1 Å². The van der Waals surface area contributed by atoms with Crippen LogP contribution in [0.2, 0.25) is 0 Å². The number of allylic oxidation sites excluding steroid dienone is 3. The molecule has 0 radical (unpaired) electrons. The summed E-state index contributed by atoms with van der Waals surface area (Å²) >= 11 is 1.25. The normalized spacial score (nSPS) is 18.2. The number of carbonyl (C=O) groups is 3. The Morgan fingerprint density at radius 2 is 1.88 bits per heavy atom. The summed E-state index contributed by atoms with van der Waals surface area (Å²) in [5, 5.41) is 0.668. The molecule has 1 aliphatic heterocycles. The van der Waals surface area contributed by atoms with Gasteiger partial charge < -0.3 is 0 Å². The smallest absolute Gasteiger partial charge is 0.234 e. The fourth-order valence-electron chi connectivity index (χ4n) is 2.48. The molecule has 7 heteroatoms. The van der Waals surface area contributed by atoms with Crippen LogP contribution in [0.4, 0.5) is 0 Å². The van der Waals surface area contributed by atoms with Gasteiger partial charge in [-0.2, -0.15) is 0 Å². The first-order valence-electron chi connectivity index (χ1n) is 7.20. The van der Waals surface area contributed by atoms with Crippen molar-refractivity contribution in [3.8, 4) is 0 Å². The van der Waals surface area contributed by atoms with Gasteiger partial charge in [0.15, 0.2) is 0 Å². The van der Waals surface area contributed by atoms with Crippen LogP contribution in [0.25, 0.3) is 0 Å². The van der Waals surface area contributed by atoms with Crippen molar-refractivity contribution >= 4 is 35.3 Å². The third kappa shape index (κ3) is 2.75. The SMILES string of the molecule is CC1=C(Sc2ccccn2)C=C(N2C(=O)CCC2=O)C(=O)C1=C=O. The highest BCUT2D eigenvalue weighted by molar-refractivity contribution is 8.03. The van der Waals surface area contributed by atoms with E-state index >= 15 is 0 Å². The van der Waals surface area contributed by atoms with Crippen molar-refractivity contribution in [1.29, 1.82) is 0 Å². The van der Waals surface area contributed by atoms with Gasteiger partial charge in [0.1, 0.15) is 22.2 Å². The van der Waals surface area contributed by atoms with Crippen LogP contribution in [0.5, 0.6) is 0 Å². The van der Waals surface area contributed by atoms with Crippen molar-refractivity contribution in [2.45, 2.75) is 24.8 Å². The van der Waals surface area contributed by atoms with Crippen molar-refractivity contribution in [3.05, 3.63) is 52.2 Å². The van der Waals surface area contributed by atoms with Crippen molar-refractivity contribution in [2.24, 2.45) is 0 Å². The Hall–Kier alpha value is -2.76. The van der Waals surface area contributed by atoms with Gasteiger partial charge in [-0.25, -0.2) is 14.7 Å². The number of ketones is 1. The molecule has 2 aliphatic rings. The molecule has 2 amide bonds. The summed E-state index contributed by atoms with van der Waals surface area (Å²) in [5.74, 6) is 0.105. The van der Waals surface area contributed by atoms with Crippen molar-refractivity contribution in [1.82, 2.24) is 9.88 Å². The molecule has 2 heterocycles. The summed E-state index contributed by atoms with van der Waals surface area (Å²) in [6, 6.07) is 5.37. The highest BCUT2D eigenvalue weighted by Crippen LogP contribution is 2.37. The molecule has 1 saturated heterocycles. The number of carbonyl (C=O) groups excluding carboxylic acids is 4. The number of amides is 2. The number of hydrogen-bond donors (Lipinski definition) is 0. The quantitative estimate of drug-likeness (QED) is 0.474. The van der Waals surface area contributed by atoms with E-state index < -0.39 is 17.6 Å². The summed E-state index contributed by atoms with van der Waals surface area (Å²) in [6.45, 7) is 1.63. The van der Waals surface area contributed by atoms with E-state index in [0.29, 0.717) is 15.5 Å². The number of thioether (sulfide) groups is 1. The minimum absolute atomic E-state index is 0.0645. The molecule has 1 aliphatic carbocycles. The average molecular weight is 340 g/mol. The van der Waals surface area contributed by atoms with Gasteiger partial charge in [0.2, 0.25) is 17.6 Å². The summed E-state index contributed by atoms with van der Waals surface area (Å²) in [4.78, 5) is 53.2. The van der Waals surface area contributed by atoms with Crippen LogP contribution in [0.15, 0.2) is 57.2 Å². The maximum Gasteiger partial charge on any atom is 0.234 e. The lowest BCUT2D eigenvalue weighted by Crippen LogP contribution is -2.34. The molecule has 6 nitrogen and oxygen atoms in total. The lowest BCUT2D eigenvalue weighted by molar-refractivity contribution is -0.138. The molecule has 0 saturated carbocycles. The lowest BCUT2D eigenvalue weighted by Gasteiger charge is -2.22. The van der Waals surface area contributed by atoms with Crippen molar-refractivity contribution in [2.75, 3.05) is 0 Å². The van der Waals surface area contributed by atoms with Crippen LogP contribution in [0, 0.1) is 0 Å². The van der Waals surface area contributed by atoms with E-state index in [1.807, 2.05) is 6.07 Å². The molecule has 120 valence electrons. The molecule has 0 atom stereocenters. The number of nitrogens with zero attached hydrogens (tertiary/aromatic N) is 2. The Morgan fingerprint density at radius 1 is 1.17 bits per heavy atom. The van der Waals surface area contributed by atoms with Gasteiger partial charge in [0, 0.05) is 23.9 Å². The summed E-state index contributed by atoms with van der Waals surface area (Å²) in [6.07, 6.45) is 3.23. The van der Waals surface area contributed by atoms with Crippen LogP contribution >= 0.6 is 11.8 Å². The minimum atomic E-state index is -0.656. The number of Topliss-reactive ketones (excluding diaryl/α,β-unsaturated/α-hetero) is 1. The van der Waals surface area contributed by atoms with E-state index in [1.54, 1.807) is 31.2 Å². The van der Waals surface area contributed by atoms with Crippen molar-refractivity contribution < 1.29 is 19.2 Å². The van der Waals surface area contributed by atoms with Gasteiger partial charge in [-0.15, -0.1) is 0 Å². The fourth-order valence-corrected chi connectivity index (χ4v) is 3.39. The van der Waals surface area contributed by atoms with E-state index in [0.717, 1.165) is 4.90 Å². The monoisotopic (exact) mass is 340 g/mol. The van der Waals surface area contributed by atoms with Crippen LogP contribution in [-0.4, -0.2) is 33.4 Å². The van der Waals surface area contributed by atoms with Gasteiger partial charge in [-0.1, -0.05) is 17.8 Å². The molecular weight excluding hydrogens is 328 g/mol. The Morgan fingerprint density at radius 3 is 2.46 bits per heavy atom. The number of aromatic nitrogens is 1. The summed E-state index contributed by atoms with van der Waals surface area (Å²) in [5.41, 5.74) is 0.191. The van der Waals surface area contributed by atoms with Gasteiger partial charge in [-0.05, 0) is 30.7 Å². The zero-order valence-electron chi connectivity index (χ0n) is 12.7. The van der Waals surface area contributed by atoms with E-state index in [9.17, 15) is 19.2 Å². The second-order valence-electron chi connectivity index (χ2n) is 5.22. The molecule has 0 spiro atoms. The zero-order chi connectivity index (χ0) is 17.3. The number of hydrogen-bond acceptors (Lipinski definition) is 6. The topological polar surface area (TPSA) is 84.4 Å². The average Bonchev–Trinajstić information content (AvgIpc) is 2.91. The Bertz CT molecular complexity index is 848. The molecular formula is C17H12N2O4S. The largest absolute Gasteiger partial charge is 0.286 e. The molecule has 1 aromatic heterocycles. The Balaban J connectivity index is 2.07. The van der Waals surface area contributed by atoms with Gasteiger partial charge in [-0.3, -0.25) is 14.4 Å². The maximum atomic E-state index is 12.5. The van der Waals surface area contributed by atoms with Crippen LogP contribution in [-0.2, 0) is 19.2 Å². The first-order chi connectivity index (χ1) is 11.5. The van der Waals surface area contributed by atoms with Crippen LogP contribution in [0.1, 0.15) is 19.8 Å². The van der Waals surface area contributed by atoms with E-state index in [4.69, 9.17) is 0 Å². The van der Waals surface area contributed by atoms with Crippen molar-refractivity contribution in [3.63, 3.8) is 0 Å². The summed E-state index contributed by atoms with van der Waals surface area (Å²) in [7, 11) is 0. The number of imide groups is 1. The second-order valence-corrected chi connectivity index (χ2v) is 6.28. The van der Waals surface area contributed by atoms with Gasteiger partial charge in [0.05, 0.1) is 0 Å². The molecule has 0 unspecified atom stereocenters. The molecule has 24 heavy (non-hydrogen) atoms. The first kappa shape index (κ1) is 16.1. The second kappa shape index (κ2) is 6.39. The molecule has 0 N–H and O–H groups in total. The summed E-state index contributed by atoms with van der Waals surface area (Å²) < 4.78 is 0. The van der Waals surface area contributed by atoms with Gasteiger partial charge in [0.25, 0.3) is 0 Å². The van der Waals surface area contributed by atoms with E-state index in [1.165, 1.54) is 17.8 Å². The zero-order valence-corrected chi connectivity index (χ0v) is 13.6. The first-order valence-corrected chi connectivity index (χ1v) is 8.02. The lowest BCUT2D eigenvalue weighted by atomic mass is 9.96. The standard InChI is InChI=1S/C17H12N2O4S/c1-10-11(9-20)17(23)12(19-15(21)5-6-16(19)22)8-13(10)24-14-4-2-3-7-18-14/h2-4,7-8H,5-6H2,1H3. The number of pyridine rings is 1.